The molecule has 5 nitrogen and oxygen atoms in total. The smallest absolute Gasteiger partial charge is 0.269 e. The van der Waals surface area contributed by atoms with E-state index < -0.39 is 10.0 Å². The molecule has 1 aromatic heterocycles. The second kappa shape index (κ2) is 7.83. The van der Waals surface area contributed by atoms with Crippen molar-refractivity contribution in [2.45, 2.75) is 11.8 Å². The second-order valence-electron chi connectivity index (χ2n) is 6.43. The largest absolute Gasteiger partial charge is 0.490 e. The number of likely N-dealkylation sites (N-methyl/N-ethyl adjacent to an activating group) is 1. The van der Waals surface area contributed by atoms with Gasteiger partial charge < -0.3 is 9.64 Å². The van der Waals surface area contributed by atoms with E-state index in [1.165, 1.54) is 3.97 Å². The van der Waals surface area contributed by atoms with Gasteiger partial charge in [-0.3, -0.25) is 0 Å². The molecule has 0 saturated carbocycles. The summed E-state index contributed by atoms with van der Waals surface area (Å²) in [6.07, 6.45) is 0. The minimum absolute atomic E-state index is 0.194. The maximum Gasteiger partial charge on any atom is 0.269 e. The molecule has 0 saturated heterocycles. The van der Waals surface area contributed by atoms with Gasteiger partial charge in [-0.05, 0) is 67.3 Å². The summed E-state index contributed by atoms with van der Waals surface area (Å²) in [5.41, 5.74) is 1.05. The third-order valence-electron chi connectivity index (χ3n) is 4.20. The monoisotopic (exact) mass is 470 g/mol. The van der Waals surface area contributed by atoms with Crippen LogP contribution < -0.4 is 4.74 Å². The summed E-state index contributed by atoms with van der Waals surface area (Å²) in [6.45, 7) is 2.89. The van der Waals surface area contributed by atoms with Crippen molar-refractivity contribution in [3.63, 3.8) is 0 Å². The van der Waals surface area contributed by atoms with Crippen molar-refractivity contribution >= 4 is 48.5 Å². The number of nitrogens with zero attached hydrogens (tertiary/aromatic N) is 2. The van der Waals surface area contributed by atoms with Gasteiger partial charge in [0.25, 0.3) is 10.0 Å². The highest BCUT2D eigenvalue weighted by molar-refractivity contribution is 9.10. The lowest BCUT2D eigenvalue weighted by atomic mass is 10.2. The zero-order valence-electron chi connectivity index (χ0n) is 15.2. The zero-order chi connectivity index (χ0) is 19.8. The van der Waals surface area contributed by atoms with Crippen LogP contribution in [0.3, 0.4) is 0 Å². The van der Waals surface area contributed by atoms with Crippen molar-refractivity contribution in [1.82, 2.24) is 8.87 Å². The van der Waals surface area contributed by atoms with E-state index in [2.05, 4.69) is 15.9 Å². The van der Waals surface area contributed by atoms with Crippen molar-refractivity contribution < 1.29 is 13.2 Å². The summed E-state index contributed by atoms with van der Waals surface area (Å²) in [5.74, 6) is 0.532. The lowest BCUT2D eigenvalue weighted by Crippen LogP contribution is -2.20. The number of fused-ring (bicyclic) bond motifs is 1. The molecule has 3 rings (SSSR count). The van der Waals surface area contributed by atoms with E-state index in [1.807, 2.05) is 19.0 Å². The first-order chi connectivity index (χ1) is 12.7. The predicted molar refractivity (Wildman–Crippen MR) is 112 cm³/mol. The number of benzene rings is 2. The van der Waals surface area contributed by atoms with E-state index in [9.17, 15) is 8.42 Å². The lowest BCUT2D eigenvalue weighted by molar-refractivity contribution is 0.262. The molecule has 144 valence electrons. The fraction of sp³-hybridized carbons (Fsp3) is 0.263. The van der Waals surface area contributed by atoms with Gasteiger partial charge in [0.1, 0.15) is 17.3 Å². The molecule has 8 heteroatoms. The van der Waals surface area contributed by atoms with Gasteiger partial charge >= 0.3 is 0 Å². The van der Waals surface area contributed by atoms with Crippen LogP contribution in [0, 0.1) is 6.92 Å². The number of halogens is 2. The maximum atomic E-state index is 13.4. The molecular weight excluding hydrogens is 452 g/mol. The number of ether oxygens (including phenoxy) is 1. The van der Waals surface area contributed by atoms with Crippen LogP contribution in [0.15, 0.2) is 51.8 Å². The fourth-order valence-electron chi connectivity index (χ4n) is 2.91. The molecule has 2 aromatic carbocycles. The van der Waals surface area contributed by atoms with E-state index >= 15 is 0 Å². The number of rotatable bonds is 6. The number of aromatic nitrogens is 1. The molecule has 3 aromatic rings. The van der Waals surface area contributed by atoms with Gasteiger partial charge in [0.2, 0.25) is 0 Å². The highest BCUT2D eigenvalue weighted by atomic mass is 79.9. The Morgan fingerprint density at radius 2 is 1.89 bits per heavy atom. The van der Waals surface area contributed by atoms with Gasteiger partial charge in [-0.1, -0.05) is 23.7 Å². The Hall–Kier alpha value is -1.54. The first-order valence-corrected chi connectivity index (χ1v) is 10.9. The van der Waals surface area contributed by atoms with E-state index in [1.54, 1.807) is 49.4 Å². The third-order valence-corrected chi connectivity index (χ3v) is 7.25. The van der Waals surface area contributed by atoms with Crippen LogP contribution in [0.25, 0.3) is 10.9 Å². The van der Waals surface area contributed by atoms with E-state index in [-0.39, 0.29) is 4.90 Å². The molecule has 0 aliphatic heterocycles. The molecule has 0 aliphatic rings. The van der Waals surface area contributed by atoms with Gasteiger partial charge in [-0.25, -0.2) is 12.4 Å². The van der Waals surface area contributed by atoms with Crippen LogP contribution >= 0.6 is 27.5 Å². The average Bonchev–Trinajstić information content (AvgIpc) is 2.87. The van der Waals surface area contributed by atoms with Gasteiger partial charge in [0.05, 0.1) is 11.2 Å². The zero-order valence-corrected chi connectivity index (χ0v) is 18.4. The summed E-state index contributed by atoms with van der Waals surface area (Å²) in [4.78, 5) is 2.19. The maximum absolute atomic E-state index is 13.4. The topological polar surface area (TPSA) is 51.5 Å². The molecule has 0 bridgehead atoms. The third kappa shape index (κ3) is 3.87. The van der Waals surface area contributed by atoms with Gasteiger partial charge in [0.15, 0.2) is 0 Å². The van der Waals surface area contributed by atoms with Crippen LogP contribution in [-0.4, -0.2) is 44.5 Å². The van der Waals surface area contributed by atoms with Crippen LogP contribution in [0.1, 0.15) is 5.69 Å². The molecule has 0 unspecified atom stereocenters. The molecule has 0 atom stereocenters. The van der Waals surface area contributed by atoms with E-state index in [4.69, 9.17) is 16.3 Å². The molecular formula is C19H20BrClN2O3S. The van der Waals surface area contributed by atoms with Crippen LogP contribution in [0.4, 0.5) is 0 Å². The quantitative estimate of drug-likeness (QED) is 0.529. The van der Waals surface area contributed by atoms with Crippen molar-refractivity contribution in [3.05, 3.63) is 57.7 Å². The van der Waals surface area contributed by atoms with Crippen LogP contribution in [-0.2, 0) is 10.0 Å². The van der Waals surface area contributed by atoms with Crippen molar-refractivity contribution in [3.8, 4) is 5.75 Å². The molecule has 0 radical (unpaired) electrons. The Morgan fingerprint density at radius 3 is 2.56 bits per heavy atom. The Bertz CT molecular complexity index is 1090. The van der Waals surface area contributed by atoms with Gasteiger partial charge in [-0.15, -0.1) is 0 Å². The minimum Gasteiger partial charge on any atom is -0.490 e. The summed E-state index contributed by atoms with van der Waals surface area (Å²) in [5, 5.41) is 1.20. The Kier molecular flexibility index (Phi) is 5.86. The first-order valence-electron chi connectivity index (χ1n) is 8.31. The second-order valence-corrected chi connectivity index (χ2v) is 9.47. The first kappa shape index (κ1) is 20.2. The molecule has 0 N–H and O–H groups in total. The van der Waals surface area contributed by atoms with Crippen LogP contribution in [0.2, 0.25) is 5.02 Å². The summed E-state index contributed by atoms with van der Waals surface area (Å²) in [7, 11) is 0.0803. The van der Waals surface area contributed by atoms with E-state index in [0.29, 0.717) is 45.0 Å². The molecule has 0 fully saturated rings. The van der Waals surface area contributed by atoms with E-state index in [0.717, 1.165) is 0 Å². The van der Waals surface area contributed by atoms with Crippen molar-refractivity contribution in [2.24, 2.45) is 0 Å². The fourth-order valence-corrected chi connectivity index (χ4v) is 5.60. The minimum atomic E-state index is -3.82. The molecule has 27 heavy (non-hydrogen) atoms. The van der Waals surface area contributed by atoms with Crippen molar-refractivity contribution in [1.29, 1.82) is 0 Å². The standard InChI is InChI=1S/C19H20BrClN2O3S/c1-13-19(26-11-10-22(2)3)15-12-14(21)8-9-17(15)23(13)27(24,25)18-7-5-4-6-16(18)20/h4-9,12H,10-11H2,1-3H3. The van der Waals surface area contributed by atoms with Crippen LogP contribution in [0.5, 0.6) is 5.75 Å². The SMILES string of the molecule is Cc1c(OCCN(C)C)c2cc(Cl)ccc2n1S(=O)(=O)c1ccccc1Br. The molecule has 0 amide bonds. The predicted octanol–water partition coefficient (Wildman–Crippen LogP) is 4.54. The average molecular weight is 472 g/mol. The number of hydrogen-bond donors (Lipinski definition) is 0. The summed E-state index contributed by atoms with van der Waals surface area (Å²) >= 11 is 9.51. The highest BCUT2D eigenvalue weighted by Gasteiger charge is 2.27. The molecule has 0 spiro atoms. The highest BCUT2D eigenvalue weighted by Crippen LogP contribution is 2.38. The Morgan fingerprint density at radius 1 is 1.19 bits per heavy atom. The number of hydrogen-bond acceptors (Lipinski definition) is 4. The molecule has 1 heterocycles. The normalized spacial score (nSPS) is 12.1. The van der Waals surface area contributed by atoms with Crippen molar-refractivity contribution in [2.75, 3.05) is 27.2 Å². The lowest BCUT2D eigenvalue weighted by Gasteiger charge is -2.13. The Labute approximate surface area is 172 Å². The summed E-state index contributed by atoms with van der Waals surface area (Å²) in [6, 6.07) is 11.9. The Balaban J connectivity index is 2.22. The van der Waals surface area contributed by atoms with Gasteiger partial charge in [-0.2, -0.15) is 0 Å². The molecule has 0 aliphatic carbocycles. The van der Waals surface area contributed by atoms with Gasteiger partial charge in [0, 0.05) is 21.4 Å². The summed E-state index contributed by atoms with van der Waals surface area (Å²) < 4.78 is 34.6.